The van der Waals surface area contributed by atoms with E-state index in [0.717, 1.165) is 6.42 Å². The lowest BCUT2D eigenvalue weighted by Crippen LogP contribution is -2.29. The van der Waals surface area contributed by atoms with Crippen molar-refractivity contribution >= 4 is 21.6 Å². The minimum absolute atomic E-state index is 0.0166. The van der Waals surface area contributed by atoms with Gasteiger partial charge in [-0.15, -0.1) is 0 Å². The predicted octanol–water partition coefficient (Wildman–Crippen LogP) is 1.30. The number of H-pyrrole nitrogens is 1. The van der Waals surface area contributed by atoms with Gasteiger partial charge in [0.25, 0.3) is 5.56 Å². The van der Waals surface area contributed by atoms with Gasteiger partial charge < -0.3 is 4.98 Å². The van der Waals surface area contributed by atoms with E-state index in [0.29, 0.717) is 18.4 Å². The van der Waals surface area contributed by atoms with Crippen LogP contribution >= 0.6 is 11.6 Å². The van der Waals surface area contributed by atoms with E-state index < -0.39 is 15.6 Å². The summed E-state index contributed by atoms with van der Waals surface area (Å²) in [5.74, 6) is 1.02. The molecule has 0 saturated heterocycles. The van der Waals surface area contributed by atoms with Crippen LogP contribution in [0.25, 0.3) is 0 Å². The lowest BCUT2D eigenvalue weighted by Gasteiger charge is -2.16. The van der Waals surface area contributed by atoms with Gasteiger partial charge in [0.15, 0.2) is 0 Å². The smallest absolute Gasteiger partial charge is 0.266 e. The third kappa shape index (κ3) is 2.60. The molecule has 18 heavy (non-hydrogen) atoms. The zero-order chi connectivity index (χ0) is 13.5. The molecule has 100 valence electrons. The van der Waals surface area contributed by atoms with E-state index in [1.807, 2.05) is 0 Å². The Labute approximate surface area is 111 Å². The Morgan fingerprint density at radius 3 is 2.67 bits per heavy atom. The zero-order valence-corrected chi connectivity index (χ0v) is 11.8. The number of halogens is 1. The van der Waals surface area contributed by atoms with Gasteiger partial charge in [-0.2, -0.15) is 0 Å². The van der Waals surface area contributed by atoms with Gasteiger partial charge in [-0.05, 0) is 24.3 Å². The van der Waals surface area contributed by atoms with Gasteiger partial charge in [-0.1, -0.05) is 18.5 Å². The second-order valence-electron chi connectivity index (χ2n) is 4.77. The fraction of sp³-hybridized carbons (Fsp3) is 0.545. The number of nitrogens with zero attached hydrogens (tertiary/aromatic N) is 1. The lowest BCUT2D eigenvalue weighted by atomic mass is 10.3. The predicted molar refractivity (Wildman–Crippen MR) is 69.2 cm³/mol. The maximum Gasteiger partial charge on any atom is 0.266 e. The second kappa shape index (κ2) is 4.68. The second-order valence-corrected chi connectivity index (χ2v) is 7.22. The molecule has 5 nitrogen and oxygen atoms in total. The first kappa shape index (κ1) is 13.6. The molecule has 0 aromatic carbocycles. The van der Waals surface area contributed by atoms with Crippen LogP contribution in [0.4, 0.5) is 0 Å². The van der Waals surface area contributed by atoms with Crippen molar-refractivity contribution in [2.45, 2.75) is 18.2 Å². The van der Waals surface area contributed by atoms with Gasteiger partial charge >= 0.3 is 0 Å². The molecule has 2 atom stereocenters. The standard InChI is InChI=1S/C11H15ClN2O3S/c1-7-3-8(7)6-14(2)18(16,17)9-4-10(12)11(15)13-5-9/h4-5,7-8H,3,6H2,1-2H3,(H,13,15). The maximum atomic E-state index is 12.2. The van der Waals surface area contributed by atoms with Crippen LogP contribution in [0.2, 0.25) is 5.02 Å². The van der Waals surface area contributed by atoms with E-state index in [2.05, 4.69) is 11.9 Å². The Balaban J connectivity index is 2.23. The molecule has 1 N–H and O–H groups in total. The molecule has 1 heterocycles. The average Bonchev–Trinajstić information content (AvgIpc) is 2.98. The summed E-state index contributed by atoms with van der Waals surface area (Å²) in [6, 6.07) is 1.18. The van der Waals surface area contributed by atoms with Crippen molar-refractivity contribution < 1.29 is 8.42 Å². The molecule has 1 fully saturated rings. The summed E-state index contributed by atoms with van der Waals surface area (Å²) in [6.07, 6.45) is 2.24. The van der Waals surface area contributed by atoms with Crippen LogP contribution < -0.4 is 5.56 Å². The first-order chi connectivity index (χ1) is 8.32. The van der Waals surface area contributed by atoms with Gasteiger partial charge in [0.2, 0.25) is 10.0 Å². The molecular formula is C11H15ClN2O3S. The monoisotopic (exact) mass is 290 g/mol. The summed E-state index contributed by atoms with van der Waals surface area (Å²) in [5.41, 5.74) is -0.492. The Bertz CT molecular complexity index is 611. The van der Waals surface area contributed by atoms with Crippen LogP contribution in [0.5, 0.6) is 0 Å². The molecule has 1 aromatic heterocycles. The highest BCUT2D eigenvalue weighted by Gasteiger charge is 2.36. The SMILES string of the molecule is CC1CC1CN(C)S(=O)(=O)c1c[nH]c(=O)c(Cl)c1. The topological polar surface area (TPSA) is 70.2 Å². The van der Waals surface area contributed by atoms with E-state index in [9.17, 15) is 13.2 Å². The number of pyridine rings is 1. The van der Waals surface area contributed by atoms with E-state index in [1.54, 1.807) is 7.05 Å². The Morgan fingerprint density at radius 1 is 1.56 bits per heavy atom. The van der Waals surface area contributed by atoms with E-state index in [-0.39, 0.29) is 9.92 Å². The largest absolute Gasteiger partial charge is 0.326 e. The van der Waals surface area contributed by atoms with E-state index in [4.69, 9.17) is 11.6 Å². The van der Waals surface area contributed by atoms with Crippen LogP contribution in [-0.2, 0) is 10.0 Å². The molecule has 0 radical (unpaired) electrons. The number of aromatic amines is 1. The van der Waals surface area contributed by atoms with Crippen LogP contribution in [-0.4, -0.2) is 31.3 Å². The lowest BCUT2D eigenvalue weighted by molar-refractivity contribution is 0.444. The number of nitrogens with one attached hydrogen (secondary N) is 1. The van der Waals surface area contributed by atoms with Gasteiger partial charge in [0.1, 0.15) is 5.02 Å². The van der Waals surface area contributed by atoms with E-state index in [1.165, 1.54) is 16.6 Å². The molecule has 1 aliphatic rings. The Morgan fingerprint density at radius 2 is 2.17 bits per heavy atom. The highest BCUT2D eigenvalue weighted by atomic mass is 35.5. The van der Waals surface area contributed by atoms with Crippen LogP contribution in [0, 0.1) is 11.8 Å². The first-order valence-electron chi connectivity index (χ1n) is 5.67. The van der Waals surface area contributed by atoms with Crippen molar-refractivity contribution in [1.82, 2.24) is 9.29 Å². The third-order valence-electron chi connectivity index (χ3n) is 3.31. The Hall–Kier alpha value is -0.850. The van der Waals surface area contributed by atoms with Crippen LogP contribution in [0.1, 0.15) is 13.3 Å². The first-order valence-corrected chi connectivity index (χ1v) is 7.48. The maximum absolute atomic E-state index is 12.2. The summed E-state index contributed by atoms with van der Waals surface area (Å²) in [5, 5.41) is -0.121. The minimum atomic E-state index is -3.58. The molecule has 0 spiro atoms. The summed E-state index contributed by atoms with van der Waals surface area (Å²) < 4.78 is 25.7. The van der Waals surface area contributed by atoms with Crippen LogP contribution in [0.3, 0.4) is 0 Å². The zero-order valence-electron chi connectivity index (χ0n) is 10.2. The molecule has 0 amide bonds. The van der Waals surface area contributed by atoms with E-state index >= 15 is 0 Å². The van der Waals surface area contributed by atoms with Crippen LogP contribution in [0.15, 0.2) is 22.0 Å². The third-order valence-corrected chi connectivity index (χ3v) is 5.39. The van der Waals surface area contributed by atoms with Crippen molar-refractivity contribution in [2.75, 3.05) is 13.6 Å². The number of sulfonamides is 1. The van der Waals surface area contributed by atoms with Crippen molar-refractivity contribution in [1.29, 1.82) is 0 Å². The normalized spacial score (nSPS) is 23.3. The van der Waals surface area contributed by atoms with Gasteiger partial charge in [-0.25, -0.2) is 12.7 Å². The quantitative estimate of drug-likeness (QED) is 0.909. The van der Waals surface area contributed by atoms with Gasteiger partial charge in [0, 0.05) is 19.8 Å². The summed E-state index contributed by atoms with van der Waals surface area (Å²) in [7, 11) is -2.04. The minimum Gasteiger partial charge on any atom is -0.326 e. The highest BCUT2D eigenvalue weighted by Crippen LogP contribution is 2.38. The molecule has 7 heteroatoms. The molecular weight excluding hydrogens is 276 g/mol. The fourth-order valence-corrected chi connectivity index (χ4v) is 3.31. The van der Waals surface area contributed by atoms with Crippen molar-refractivity contribution in [3.63, 3.8) is 0 Å². The summed E-state index contributed by atoms with van der Waals surface area (Å²) in [4.78, 5) is 13.4. The number of aromatic nitrogens is 1. The number of rotatable bonds is 4. The van der Waals surface area contributed by atoms with Crippen molar-refractivity contribution in [3.8, 4) is 0 Å². The summed E-state index contributed by atoms with van der Waals surface area (Å²) >= 11 is 5.64. The molecule has 1 saturated carbocycles. The van der Waals surface area contributed by atoms with Gasteiger partial charge in [0.05, 0.1) is 4.90 Å². The Kier molecular flexibility index (Phi) is 3.53. The molecule has 0 aliphatic heterocycles. The highest BCUT2D eigenvalue weighted by molar-refractivity contribution is 7.89. The molecule has 1 aromatic rings. The molecule has 1 aliphatic carbocycles. The number of hydrogen-bond donors (Lipinski definition) is 1. The molecule has 2 unspecified atom stereocenters. The number of hydrogen-bond acceptors (Lipinski definition) is 3. The van der Waals surface area contributed by atoms with Crippen molar-refractivity contribution in [3.05, 3.63) is 27.6 Å². The summed E-state index contributed by atoms with van der Waals surface area (Å²) in [6.45, 7) is 2.60. The van der Waals surface area contributed by atoms with Gasteiger partial charge in [-0.3, -0.25) is 4.79 Å². The fourth-order valence-electron chi connectivity index (χ4n) is 1.85. The van der Waals surface area contributed by atoms with Crippen molar-refractivity contribution in [2.24, 2.45) is 11.8 Å². The molecule has 0 bridgehead atoms. The molecule has 2 rings (SSSR count). The average molecular weight is 291 g/mol.